The normalized spacial score (nSPS) is 12.1. The quantitative estimate of drug-likeness (QED) is 0.360. The van der Waals surface area contributed by atoms with E-state index in [-0.39, 0.29) is 24.9 Å². The molecule has 1 N–H and O–H groups in total. The number of aromatic nitrogens is 3. The molecule has 4 aromatic rings. The van der Waals surface area contributed by atoms with Crippen molar-refractivity contribution in [1.29, 1.82) is 0 Å². The summed E-state index contributed by atoms with van der Waals surface area (Å²) in [6.07, 6.45) is 0. The van der Waals surface area contributed by atoms with Crippen molar-refractivity contribution in [2.45, 2.75) is 45.4 Å². The Morgan fingerprint density at radius 2 is 1.71 bits per heavy atom. The number of amides is 2. The number of fused-ring (bicyclic) bond motifs is 1. The van der Waals surface area contributed by atoms with Gasteiger partial charge in [-0.2, -0.15) is 0 Å². The van der Waals surface area contributed by atoms with Gasteiger partial charge >= 0.3 is 0 Å². The average molecular weight is 516 g/mol. The fraction of sp³-hybridized carbons (Fsp3) is 0.310. The number of hydrogen-bond donors (Lipinski definition) is 1. The van der Waals surface area contributed by atoms with Crippen molar-refractivity contribution >= 4 is 22.8 Å². The molecule has 38 heavy (non-hydrogen) atoms. The van der Waals surface area contributed by atoms with E-state index in [0.717, 1.165) is 11.1 Å². The third-order valence-electron chi connectivity index (χ3n) is 6.03. The number of carbonyl (C=O) groups is 2. The second-order valence-corrected chi connectivity index (χ2v) is 9.99. The van der Waals surface area contributed by atoms with E-state index in [2.05, 4.69) is 15.6 Å². The molecule has 1 atom stereocenters. The van der Waals surface area contributed by atoms with E-state index in [1.165, 1.54) is 0 Å². The van der Waals surface area contributed by atoms with Crippen molar-refractivity contribution < 1.29 is 19.1 Å². The summed E-state index contributed by atoms with van der Waals surface area (Å²) >= 11 is 0. The molecule has 198 valence electrons. The molecule has 0 spiro atoms. The molecule has 3 aromatic carbocycles. The van der Waals surface area contributed by atoms with Crippen LogP contribution < -0.4 is 14.8 Å². The van der Waals surface area contributed by atoms with Gasteiger partial charge in [0.25, 0.3) is 0 Å². The van der Waals surface area contributed by atoms with Gasteiger partial charge in [0.05, 0.1) is 26.3 Å². The molecule has 0 unspecified atom stereocenters. The van der Waals surface area contributed by atoms with Crippen molar-refractivity contribution in [3.05, 3.63) is 83.9 Å². The van der Waals surface area contributed by atoms with Gasteiger partial charge in [-0.25, -0.2) is 4.68 Å². The molecule has 0 aliphatic rings. The Bertz CT molecular complexity index is 1430. The zero-order chi connectivity index (χ0) is 27.3. The molecule has 0 saturated carbocycles. The molecular formula is C29H33N5O4. The minimum absolute atomic E-state index is 0.0983. The van der Waals surface area contributed by atoms with Crippen LogP contribution in [0.4, 0.5) is 0 Å². The first-order valence-electron chi connectivity index (χ1n) is 12.4. The number of para-hydroxylation sites is 2. The Kier molecular flexibility index (Phi) is 7.95. The van der Waals surface area contributed by atoms with E-state index in [4.69, 9.17) is 9.47 Å². The molecule has 0 fully saturated rings. The monoisotopic (exact) mass is 515 g/mol. The fourth-order valence-corrected chi connectivity index (χ4v) is 4.32. The molecule has 0 aliphatic heterocycles. The highest BCUT2D eigenvalue weighted by Gasteiger charge is 2.34. The zero-order valence-electron chi connectivity index (χ0n) is 22.3. The SMILES string of the molecule is COc1cccc([C@H](C(=O)NC(C)(C)C)N(Cc2ccccc2OC)C(=O)Cn2nnc3ccccc32)c1. The van der Waals surface area contributed by atoms with E-state index >= 15 is 0 Å². The van der Waals surface area contributed by atoms with Gasteiger partial charge in [0, 0.05) is 11.1 Å². The number of nitrogens with one attached hydrogen (secondary N) is 1. The predicted molar refractivity (Wildman–Crippen MR) is 145 cm³/mol. The van der Waals surface area contributed by atoms with E-state index in [9.17, 15) is 9.59 Å². The maximum absolute atomic E-state index is 14.1. The van der Waals surface area contributed by atoms with Gasteiger partial charge in [0.1, 0.15) is 29.6 Å². The smallest absolute Gasteiger partial charge is 0.247 e. The summed E-state index contributed by atoms with van der Waals surface area (Å²) < 4.78 is 12.6. The highest BCUT2D eigenvalue weighted by molar-refractivity contribution is 5.89. The van der Waals surface area contributed by atoms with Crippen LogP contribution >= 0.6 is 0 Å². The first-order chi connectivity index (χ1) is 18.2. The largest absolute Gasteiger partial charge is 0.497 e. The summed E-state index contributed by atoms with van der Waals surface area (Å²) in [5, 5.41) is 11.4. The van der Waals surface area contributed by atoms with Gasteiger partial charge in [-0.15, -0.1) is 5.10 Å². The summed E-state index contributed by atoms with van der Waals surface area (Å²) in [5.41, 5.74) is 2.29. The molecule has 0 saturated heterocycles. The molecule has 4 rings (SSSR count). The maximum Gasteiger partial charge on any atom is 0.247 e. The van der Waals surface area contributed by atoms with E-state index in [0.29, 0.717) is 22.6 Å². The minimum atomic E-state index is -0.948. The molecule has 0 aliphatic carbocycles. The third kappa shape index (κ3) is 6.11. The number of ether oxygens (including phenoxy) is 2. The summed E-state index contributed by atoms with van der Waals surface area (Å²) in [6, 6.07) is 21.2. The lowest BCUT2D eigenvalue weighted by atomic mass is 10.00. The lowest BCUT2D eigenvalue weighted by Gasteiger charge is -2.34. The fourth-order valence-electron chi connectivity index (χ4n) is 4.32. The Hall–Kier alpha value is -4.40. The molecule has 0 radical (unpaired) electrons. The highest BCUT2D eigenvalue weighted by Crippen LogP contribution is 2.30. The van der Waals surface area contributed by atoms with Crippen LogP contribution in [0, 0.1) is 0 Å². The van der Waals surface area contributed by atoms with Gasteiger partial charge in [0.15, 0.2) is 0 Å². The van der Waals surface area contributed by atoms with Crippen LogP contribution in [-0.2, 0) is 22.7 Å². The Labute approximate surface area is 222 Å². The standard InChI is InChI=1S/C29H33N5O4/c1-29(2,3)30-28(36)27(20-12-10-13-22(17-20)37-4)33(18-21-11-6-9-16-25(21)38-5)26(35)19-34-24-15-8-7-14-23(24)31-32-34/h6-17,27H,18-19H2,1-5H3,(H,30,36)/t27-/m1/s1. The van der Waals surface area contributed by atoms with Crippen molar-refractivity contribution in [2.75, 3.05) is 14.2 Å². The molecule has 1 heterocycles. The van der Waals surface area contributed by atoms with Crippen LogP contribution in [0.2, 0.25) is 0 Å². The Morgan fingerprint density at radius 1 is 0.974 bits per heavy atom. The second kappa shape index (κ2) is 11.3. The van der Waals surface area contributed by atoms with E-state index in [1.54, 1.807) is 35.9 Å². The molecule has 2 amide bonds. The van der Waals surface area contributed by atoms with Gasteiger partial charge in [-0.3, -0.25) is 9.59 Å². The van der Waals surface area contributed by atoms with Crippen LogP contribution in [0.15, 0.2) is 72.8 Å². The molecule has 9 heteroatoms. The first kappa shape index (κ1) is 26.7. The molecule has 0 bridgehead atoms. The predicted octanol–water partition coefficient (Wildman–Crippen LogP) is 4.13. The van der Waals surface area contributed by atoms with Crippen molar-refractivity contribution in [1.82, 2.24) is 25.2 Å². The van der Waals surface area contributed by atoms with Crippen molar-refractivity contribution in [3.8, 4) is 11.5 Å². The van der Waals surface area contributed by atoms with Gasteiger partial charge < -0.3 is 19.7 Å². The Morgan fingerprint density at radius 3 is 2.45 bits per heavy atom. The summed E-state index contributed by atoms with van der Waals surface area (Å²) in [4.78, 5) is 29.5. The zero-order valence-corrected chi connectivity index (χ0v) is 22.3. The van der Waals surface area contributed by atoms with Crippen molar-refractivity contribution in [3.63, 3.8) is 0 Å². The molecular weight excluding hydrogens is 482 g/mol. The van der Waals surface area contributed by atoms with Crippen LogP contribution in [0.1, 0.15) is 37.9 Å². The summed E-state index contributed by atoms with van der Waals surface area (Å²) in [6.45, 7) is 5.75. The first-order valence-corrected chi connectivity index (χ1v) is 12.4. The lowest BCUT2D eigenvalue weighted by Crippen LogP contribution is -2.49. The summed E-state index contributed by atoms with van der Waals surface area (Å²) in [5.74, 6) is 0.598. The highest BCUT2D eigenvalue weighted by atomic mass is 16.5. The number of nitrogens with zero attached hydrogens (tertiary/aromatic N) is 4. The number of rotatable bonds is 9. The second-order valence-electron chi connectivity index (χ2n) is 9.99. The molecule has 1 aromatic heterocycles. The van der Waals surface area contributed by atoms with Gasteiger partial charge in [0.2, 0.25) is 11.8 Å². The average Bonchev–Trinajstić information content (AvgIpc) is 3.30. The van der Waals surface area contributed by atoms with Crippen LogP contribution in [-0.4, -0.2) is 51.5 Å². The molecule has 9 nitrogen and oxygen atoms in total. The van der Waals surface area contributed by atoms with Crippen LogP contribution in [0.25, 0.3) is 11.0 Å². The Balaban J connectivity index is 1.81. The van der Waals surface area contributed by atoms with Crippen LogP contribution in [0.5, 0.6) is 11.5 Å². The third-order valence-corrected chi connectivity index (χ3v) is 6.03. The van der Waals surface area contributed by atoms with Gasteiger partial charge in [-0.05, 0) is 56.7 Å². The lowest BCUT2D eigenvalue weighted by molar-refractivity contribution is -0.142. The van der Waals surface area contributed by atoms with Gasteiger partial charge in [-0.1, -0.05) is 47.7 Å². The van der Waals surface area contributed by atoms with Crippen molar-refractivity contribution in [2.24, 2.45) is 0 Å². The number of carbonyl (C=O) groups excluding carboxylic acids is 2. The topological polar surface area (TPSA) is 98.6 Å². The van der Waals surface area contributed by atoms with E-state index in [1.807, 2.05) is 81.4 Å². The summed E-state index contributed by atoms with van der Waals surface area (Å²) in [7, 11) is 3.15. The van der Waals surface area contributed by atoms with Crippen LogP contribution in [0.3, 0.4) is 0 Å². The number of hydrogen-bond acceptors (Lipinski definition) is 6. The maximum atomic E-state index is 14.1. The number of methoxy groups -OCH3 is 2. The number of benzene rings is 3. The van der Waals surface area contributed by atoms with E-state index < -0.39 is 11.6 Å². The minimum Gasteiger partial charge on any atom is -0.497 e.